The number of hydrogen-bond donors (Lipinski definition) is 3. The Hall–Kier alpha value is -1.33. The molecule has 0 bridgehead atoms. The lowest BCUT2D eigenvalue weighted by molar-refractivity contribution is -0.122. The van der Waals surface area contributed by atoms with Gasteiger partial charge in [0.05, 0.1) is 5.94 Å². The standard InChI is InChI=1S/C15H22BNO3/c1-10(2)8-14(16(19)20)17-15(18)13-9-12(13)11-6-4-3-5-7-11/h3-7,10,12-14,19-20H,8-9H2,1-2H3,(H,17,18)/t12-,13+,14?/m0/s1. The highest BCUT2D eigenvalue weighted by atomic mass is 16.4. The molecule has 20 heavy (non-hydrogen) atoms. The topological polar surface area (TPSA) is 69.6 Å². The van der Waals surface area contributed by atoms with Crippen LogP contribution in [0.2, 0.25) is 0 Å². The zero-order valence-corrected chi connectivity index (χ0v) is 12.0. The van der Waals surface area contributed by atoms with Crippen LogP contribution in [0.5, 0.6) is 0 Å². The van der Waals surface area contributed by atoms with Gasteiger partial charge in [-0.3, -0.25) is 4.79 Å². The molecule has 108 valence electrons. The van der Waals surface area contributed by atoms with Gasteiger partial charge in [0.1, 0.15) is 0 Å². The Morgan fingerprint density at radius 1 is 1.35 bits per heavy atom. The molecule has 5 heteroatoms. The largest absolute Gasteiger partial charge is 0.475 e. The van der Waals surface area contributed by atoms with Crippen molar-refractivity contribution in [3.05, 3.63) is 35.9 Å². The van der Waals surface area contributed by atoms with Crippen LogP contribution in [0.25, 0.3) is 0 Å². The van der Waals surface area contributed by atoms with Crippen molar-refractivity contribution in [2.45, 2.75) is 38.5 Å². The Labute approximate surface area is 120 Å². The van der Waals surface area contributed by atoms with Crippen LogP contribution in [0.1, 0.15) is 38.2 Å². The molecule has 3 atom stereocenters. The van der Waals surface area contributed by atoms with Gasteiger partial charge in [-0.2, -0.15) is 0 Å². The van der Waals surface area contributed by atoms with Crippen LogP contribution in [-0.2, 0) is 4.79 Å². The van der Waals surface area contributed by atoms with Gasteiger partial charge in [-0.25, -0.2) is 0 Å². The van der Waals surface area contributed by atoms with Crippen LogP contribution in [0.3, 0.4) is 0 Å². The first-order valence-corrected chi connectivity index (χ1v) is 7.20. The van der Waals surface area contributed by atoms with Gasteiger partial charge in [0.2, 0.25) is 5.91 Å². The summed E-state index contributed by atoms with van der Waals surface area (Å²) in [5.41, 5.74) is 1.18. The van der Waals surface area contributed by atoms with E-state index in [-0.39, 0.29) is 17.7 Å². The second kappa shape index (κ2) is 6.42. The van der Waals surface area contributed by atoms with Crippen molar-refractivity contribution in [3.63, 3.8) is 0 Å². The molecule has 1 aromatic carbocycles. The van der Waals surface area contributed by atoms with E-state index in [0.717, 1.165) is 6.42 Å². The summed E-state index contributed by atoms with van der Waals surface area (Å²) >= 11 is 0. The summed E-state index contributed by atoms with van der Waals surface area (Å²) < 4.78 is 0. The first kappa shape index (κ1) is 15.1. The van der Waals surface area contributed by atoms with E-state index in [1.165, 1.54) is 5.56 Å². The molecule has 0 aromatic heterocycles. The third kappa shape index (κ3) is 3.84. The van der Waals surface area contributed by atoms with Gasteiger partial charge < -0.3 is 15.4 Å². The van der Waals surface area contributed by atoms with Gasteiger partial charge in [-0.15, -0.1) is 0 Å². The maximum atomic E-state index is 12.2. The van der Waals surface area contributed by atoms with Crippen LogP contribution in [-0.4, -0.2) is 29.0 Å². The lowest BCUT2D eigenvalue weighted by atomic mass is 9.75. The van der Waals surface area contributed by atoms with E-state index >= 15 is 0 Å². The zero-order chi connectivity index (χ0) is 14.7. The number of carbonyl (C=O) groups excluding carboxylic acids is 1. The molecule has 0 saturated heterocycles. The Bertz CT molecular complexity index is 450. The second-order valence-electron chi connectivity index (χ2n) is 6.02. The van der Waals surface area contributed by atoms with E-state index in [9.17, 15) is 14.8 Å². The summed E-state index contributed by atoms with van der Waals surface area (Å²) in [6, 6.07) is 9.97. The summed E-state index contributed by atoms with van der Waals surface area (Å²) in [6.45, 7) is 3.98. The fourth-order valence-corrected chi connectivity index (χ4v) is 2.61. The number of benzene rings is 1. The van der Waals surface area contributed by atoms with E-state index in [1.807, 2.05) is 44.2 Å². The molecule has 4 nitrogen and oxygen atoms in total. The number of rotatable bonds is 6. The minimum Gasteiger partial charge on any atom is -0.426 e. The number of nitrogens with one attached hydrogen (secondary N) is 1. The van der Waals surface area contributed by atoms with E-state index in [1.54, 1.807) is 0 Å². The SMILES string of the molecule is CC(C)CC(NC(=O)[C@@H]1C[C@H]1c1ccccc1)B(O)O. The monoisotopic (exact) mass is 275 g/mol. The molecule has 0 aliphatic heterocycles. The predicted octanol–water partition coefficient (Wildman–Crippen LogP) is 1.33. The first-order chi connectivity index (χ1) is 9.49. The highest BCUT2D eigenvalue weighted by Gasteiger charge is 2.44. The summed E-state index contributed by atoms with van der Waals surface area (Å²) in [7, 11) is -1.50. The summed E-state index contributed by atoms with van der Waals surface area (Å²) in [5, 5.41) is 21.4. The zero-order valence-electron chi connectivity index (χ0n) is 12.0. The van der Waals surface area contributed by atoms with E-state index in [0.29, 0.717) is 12.3 Å². The summed E-state index contributed by atoms with van der Waals surface area (Å²) in [6.07, 6.45) is 1.40. The molecule has 2 rings (SSSR count). The lowest BCUT2D eigenvalue weighted by Gasteiger charge is -2.19. The third-order valence-corrected chi connectivity index (χ3v) is 3.77. The lowest BCUT2D eigenvalue weighted by Crippen LogP contribution is -2.47. The molecular formula is C15H22BNO3. The molecule has 1 aliphatic carbocycles. The minimum atomic E-state index is -1.50. The first-order valence-electron chi connectivity index (χ1n) is 7.20. The van der Waals surface area contributed by atoms with Gasteiger partial charge >= 0.3 is 7.12 Å². The molecule has 1 unspecified atom stereocenters. The molecule has 0 radical (unpaired) electrons. The average Bonchev–Trinajstić information content (AvgIpc) is 3.18. The van der Waals surface area contributed by atoms with Gasteiger partial charge in [-0.1, -0.05) is 44.2 Å². The highest BCUT2D eigenvalue weighted by molar-refractivity contribution is 6.43. The minimum absolute atomic E-state index is 0.0363. The van der Waals surface area contributed by atoms with Crippen molar-refractivity contribution < 1.29 is 14.8 Å². The third-order valence-electron chi connectivity index (χ3n) is 3.77. The summed E-state index contributed by atoms with van der Waals surface area (Å²) in [5.74, 6) is -0.124. The second-order valence-corrected chi connectivity index (χ2v) is 6.02. The van der Waals surface area contributed by atoms with Crippen molar-refractivity contribution in [1.29, 1.82) is 0 Å². The summed E-state index contributed by atoms with van der Waals surface area (Å²) in [4.78, 5) is 12.2. The molecular weight excluding hydrogens is 253 g/mol. The molecule has 0 heterocycles. The number of amides is 1. The Kier molecular flexibility index (Phi) is 4.84. The van der Waals surface area contributed by atoms with Crippen LogP contribution >= 0.6 is 0 Å². The Morgan fingerprint density at radius 3 is 2.55 bits per heavy atom. The van der Waals surface area contributed by atoms with E-state index < -0.39 is 13.1 Å². The van der Waals surface area contributed by atoms with Crippen molar-refractivity contribution >= 4 is 13.0 Å². The molecule has 1 amide bonds. The maximum absolute atomic E-state index is 12.2. The normalized spacial score (nSPS) is 22.4. The van der Waals surface area contributed by atoms with Crippen LogP contribution < -0.4 is 5.32 Å². The molecule has 1 aliphatic rings. The van der Waals surface area contributed by atoms with Crippen molar-refractivity contribution in [2.24, 2.45) is 11.8 Å². The highest BCUT2D eigenvalue weighted by Crippen LogP contribution is 2.47. The smallest absolute Gasteiger partial charge is 0.426 e. The fourth-order valence-electron chi connectivity index (χ4n) is 2.61. The molecule has 1 aromatic rings. The average molecular weight is 275 g/mol. The molecule has 1 saturated carbocycles. The Morgan fingerprint density at radius 2 is 2.00 bits per heavy atom. The number of hydrogen-bond acceptors (Lipinski definition) is 3. The molecule has 3 N–H and O–H groups in total. The van der Waals surface area contributed by atoms with E-state index in [4.69, 9.17) is 0 Å². The predicted molar refractivity (Wildman–Crippen MR) is 78.9 cm³/mol. The van der Waals surface area contributed by atoms with Gasteiger partial charge in [0.25, 0.3) is 0 Å². The fraction of sp³-hybridized carbons (Fsp3) is 0.533. The van der Waals surface area contributed by atoms with Gasteiger partial charge in [0, 0.05) is 5.92 Å². The van der Waals surface area contributed by atoms with Crippen molar-refractivity contribution in [3.8, 4) is 0 Å². The van der Waals surface area contributed by atoms with Crippen LogP contribution in [0.4, 0.5) is 0 Å². The molecule has 0 spiro atoms. The van der Waals surface area contributed by atoms with Crippen molar-refractivity contribution in [2.75, 3.05) is 0 Å². The van der Waals surface area contributed by atoms with Crippen LogP contribution in [0.15, 0.2) is 30.3 Å². The maximum Gasteiger partial charge on any atom is 0.475 e. The molecule has 1 fully saturated rings. The Balaban J connectivity index is 1.90. The van der Waals surface area contributed by atoms with Crippen LogP contribution in [0, 0.1) is 11.8 Å². The van der Waals surface area contributed by atoms with Gasteiger partial charge in [-0.05, 0) is 30.2 Å². The quantitative estimate of drug-likeness (QED) is 0.686. The van der Waals surface area contributed by atoms with Gasteiger partial charge in [0.15, 0.2) is 0 Å². The van der Waals surface area contributed by atoms with Crippen molar-refractivity contribution in [1.82, 2.24) is 5.32 Å². The van der Waals surface area contributed by atoms with E-state index in [2.05, 4.69) is 5.32 Å². The number of carbonyl (C=O) groups is 1.